The van der Waals surface area contributed by atoms with Crippen LogP contribution in [0.15, 0.2) is 36.5 Å². The number of benzene rings is 1. The summed E-state index contributed by atoms with van der Waals surface area (Å²) < 4.78 is 13.6. The number of hydrogen-bond donors (Lipinski definition) is 1. The number of carboxylic acids is 1. The van der Waals surface area contributed by atoms with E-state index in [0.29, 0.717) is 16.7 Å². The third-order valence-corrected chi connectivity index (χ3v) is 2.78. The number of aromatic nitrogens is 1. The quantitative estimate of drug-likeness (QED) is 0.867. The highest BCUT2D eigenvalue weighted by molar-refractivity contribution is 6.30. The second-order valence-electron chi connectivity index (χ2n) is 3.72. The molecule has 0 spiro atoms. The number of carboxylic acid groups (broad SMARTS) is 1. The van der Waals surface area contributed by atoms with Gasteiger partial charge in [-0.25, -0.2) is 9.37 Å². The molecule has 0 bridgehead atoms. The zero-order valence-corrected chi connectivity index (χ0v) is 9.99. The summed E-state index contributed by atoms with van der Waals surface area (Å²) in [6, 6.07) is 7.76. The maximum Gasteiger partial charge on any atom is 0.307 e. The van der Waals surface area contributed by atoms with Crippen molar-refractivity contribution in [2.45, 2.75) is 6.42 Å². The van der Waals surface area contributed by atoms with Gasteiger partial charge in [0.05, 0.1) is 6.42 Å². The van der Waals surface area contributed by atoms with Gasteiger partial charge in [-0.1, -0.05) is 29.8 Å². The molecule has 0 aliphatic rings. The summed E-state index contributed by atoms with van der Waals surface area (Å²) in [4.78, 5) is 14.6. The first-order valence-corrected chi connectivity index (χ1v) is 5.57. The van der Waals surface area contributed by atoms with Gasteiger partial charge < -0.3 is 5.11 Å². The Kier molecular flexibility index (Phi) is 3.58. The van der Waals surface area contributed by atoms with Crippen molar-refractivity contribution in [3.63, 3.8) is 0 Å². The lowest BCUT2D eigenvalue weighted by atomic mass is 10.0. The monoisotopic (exact) mass is 265 g/mol. The van der Waals surface area contributed by atoms with Gasteiger partial charge in [0.2, 0.25) is 0 Å². The number of carbonyl (C=O) groups is 1. The molecule has 3 nitrogen and oxygen atoms in total. The first-order valence-electron chi connectivity index (χ1n) is 5.19. The molecule has 5 heteroatoms. The van der Waals surface area contributed by atoms with Crippen LogP contribution >= 0.6 is 11.6 Å². The lowest BCUT2D eigenvalue weighted by molar-refractivity contribution is -0.136. The molecule has 92 valence electrons. The van der Waals surface area contributed by atoms with Crippen LogP contribution in [0.5, 0.6) is 0 Å². The Morgan fingerprint density at radius 3 is 2.78 bits per heavy atom. The Labute approximate surface area is 108 Å². The number of rotatable bonds is 3. The number of nitrogens with zero attached hydrogens (tertiary/aromatic N) is 1. The zero-order valence-electron chi connectivity index (χ0n) is 9.23. The van der Waals surface area contributed by atoms with E-state index in [2.05, 4.69) is 4.98 Å². The number of pyridine rings is 1. The molecule has 2 rings (SSSR count). The molecule has 0 saturated carbocycles. The van der Waals surface area contributed by atoms with E-state index in [4.69, 9.17) is 16.7 Å². The minimum absolute atomic E-state index is 0.123. The van der Waals surface area contributed by atoms with Crippen LogP contribution in [0.2, 0.25) is 5.15 Å². The van der Waals surface area contributed by atoms with E-state index in [-0.39, 0.29) is 17.4 Å². The summed E-state index contributed by atoms with van der Waals surface area (Å²) in [6.45, 7) is 0. The maximum absolute atomic E-state index is 13.6. The van der Waals surface area contributed by atoms with E-state index in [0.717, 1.165) is 0 Å². The number of halogens is 2. The highest BCUT2D eigenvalue weighted by atomic mass is 35.5. The van der Waals surface area contributed by atoms with Crippen molar-refractivity contribution >= 4 is 17.6 Å². The van der Waals surface area contributed by atoms with Crippen LogP contribution in [-0.2, 0) is 11.2 Å². The van der Waals surface area contributed by atoms with E-state index in [1.807, 2.05) is 0 Å². The first kappa shape index (κ1) is 12.5. The lowest BCUT2D eigenvalue weighted by Gasteiger charge is -2.06. The Morgan fingerprint density at radius 2 is 2.11 bits per heavy atom. The Balaban J connectivity index is 2.47. The fraction of sp³-hybridized carbons (Fsp3) is 0.0769. The molecule has 0 saturated heterocycles. The minimum atomic E-state index is -1.01. The molecule has 18 heavy (non-hydrogen) atoms. The summed E-state index contributed by atoms with van der Waals surface area (Å²) in [5.41, 5.74) is 1.24. The van der Waals surface area contributed by atoms with Crippen molar-refractivity contribution in [1.29, 1.82) is 0 Å². The van der Waals surface area contributed by atoms with Gasteiger partial charge in [-0.05, 0) is 12.1 Å². The predicted octanol–water partition coefficient (Wildman–Crippen LogP) is 3.17. The van der Waals surface area contributed by atoms with Crippen molar-refractivity contribution in [3.8, 4) is 11.1 Å². The largest absolute Gasteiger partial charge is 0.481 e. The molecule has 1 aromatic heterocycles. The Bertz CT molecular complexity index is 601. The highest BCUT2D eigenvalue weighted by Crippen LogP contribution is 2.25. The number of hydrogen-bond acceptors (Lipinski definition) is 2. The molecule has 0 atom stereocenters. The summed E-state index contributed by atoms with van der Waals surface area (Å²) >= 11 is 5.80. The van der Waals surface area contributed by atoms with Crippen LogP contribution in [0.25, 0.3) is 11.1 Å². The molecule has 0 aliphatic heterocycles. The van der Waals surface area contributed by atoms with E-state index in [1.54, 1.807) is 24.3 Å². The van der Waals surface area contributed by atoms with Gasteiger partial charge in [0.25, 0.3) is 0 Å². The van der Waals surface area contributed by atoms with E-state index < -0.39 is 5.97 Å². The summed E-state index contributed by atoms with van der Waals surface area (Å²) in [5.74, 6) is -1.40. The van der Waals surface area contributed by atoms with E-state index in [1.165, 1.54) is 12.3 Å². The fourth-order valence-electron chi connectivity index (χ4n) is 1.62. The molecule has 1 N–H and O–H groups in total. The molecule has 0 fully saturated rings. The van der Waals surface area contributed by atoms with Gasteiger partial charge >= 0.3 is 5.97 Å². The summed E-state index contributed by atoms with van der Waals surface area (Å²) in [6.07, 6.45) is 1.18. The fourth-order valence-corrected chi connectivity index (χ4v) is 1.79. The lowest BCUT2D eigenvalue weighted by Crippen LogP contribution is -2.02. The molecule has 0 amide bonds. The van der Waals surface area contributed by atoms with Gasteiger partial charge in [0.1, 0.15) is 11.0 Å². The van der Waals surface area contributed by atoms with Gasteiger partial charge in [-0.2, -0.15) is 0 Å². The summed E-state index contributed by atoms with van der Waals surface area (Å²) in [7, 11) is 0. The van der Waals surface area contributed by atoms with Crippen molar-refractivity contribution < 1.29 is 14.3 Å². The van der Waals surface area contributed by atoms with Crippen LogP contribution in [0.4, 0.5) is 4.39 Å². The van der Waals surface area contributed by atoms with Crippen LogP contribution in [0.1, 0.15) is 5.56 Å². The smallest absolute Gasteiger partial charge is 0.307 e. The predicted molar refractivity (Wildman–Crippen MR) is 66.0 cm³/mol. The standard InChI is InChI=1S/C13H9ClFNO2/c14-13-8(6-12(17)18)5-9(7-16-13)10-3-1-2-4-11(10)15/h1-5,7H,6H2,(H,17,18). The van der Waals surface area contributed by atoms with Gasteiger partial charge in [-0.15, -0.1) is 0 Å². The molecule has 0 radical (unpaired) electrons. The van der Waals surface area contributed by atoms with Crippen LogP contribution in [0.3, 0.4) is 0 Å². The second-order valence-corrected chi connectivity index (χ2v) is 4.08. The molecule has 0 unspecified atom stereocenters. The highest BCUT2D eigenvalue weighted by Gasteiger charge is 2.10. The molecule has 2 aromatic rings. The summed E-state index contributed by atoms with van der Waals surface area (Å²) in [5, 5.41) is 8.87. The van der Waals surface area contributed by atoms with E-state index in [9.17, 15) is 9.18 Å². The zero-order chi connectivity index (χ0) is 13.1. The third kappa shape index (κ3) is 2.65. The van der Waals surface area contributed by atoms with Gasteiger partial charge in [0.15, 0.2) is 0 Å². The molecule has 1 heterocycles. The van der Waals surface area contributed by atoms with Gasteiger partial charge in [-0.3, -0.25) is 4.79 Å². The topological polar surface area (TPSA) is 50.2 Å². The van der Waals surface area contributed by atoms with Crippen molar-refractivity contribution in [3.05, 3.63) is 53.1 Å². The first-order chi connectivity index (χ1) is 8.58. The third-order valence-electron chi connectivity index (χ3n) is 2.44. The average molecular weight is 266 g/mol. The average Bonchev–Trinajstić information content (AvgIpc) is 2.32. The van der Waals surface area contributed by atoms with Gasteiger partial charge in [0, 0.05) is 22.9 Å². The van der Waals surface area contributed by atoms with Crippen LogP contribution < -0.4 is 0 Å². The van der Waals surface area contributed by atoms with Crippen molar-refractivity contribution in [2.75, 3.05) is 0 Å². The maximum atomic E-state index is 13.6. The van der Waals surface area contributed by atoms with Crippen molar-refractivity contribution in [1.82, 2.24) is 4.98 Å². The number of aliphatic carboxylic acids is 1. The normalized spacial score (nSPS) is 10.3. The molecule has 0 aliphatic carbocycles. The Hall–Kier alpha value is -1.94. The van der Waals surface area contributed by atoms with E-state index >= 15 is 0 Å². The Morgan fingerprint density at radius 1 is 1.39 bits per heavy atom. The van der Waals surface area contributed by atoms with Crippen LogP contribution in [-0.4, -0.2) is 16.1 Å². The van der Waals surface area contributed by atoms with Crippen molar-refractivity contribution in [2.24, 2.45) is 0 Å². The van der Waals surface area contributed by atoms with Crippen LogP contribution in [0, 0.1) is 5.82 Å². The molecule has 1 aromatic carbocycles. The SMILES string of the molecule is O=C(O)Cc1cc(-c2ccccc2F)cnc1Cl. The molecular formula is C13H9ClFNO2. The molecular weight excluding hydrogens is 257 g/mol. The second kappa shape index (κ2) is 5.14. The minimum Gasteiger partial charge on any atom is -0.481 e.